The Hall–Kier alpha value is -2.33. The van der Waals surface area contributed by atoms with Gasteiger partial charge in [0, 0.05) is 22.4 Å². The van der Waals surface area contributed by atoms with Crippen molar-refractivity contribution in [3.8, 4) is 0 Å². The minimum atomic E-state index is -1.21. The topological polar surface area (TPSA) is 49.4 Å². The molecule has 5 heteroatoms. The number of nitrogens with one attached hydrogen (secondary N) is 1. The maximum atomic E-state index is 13.3. The Labute approximate surface area is 159 Å². The first-order chi connectivity index (χ1) is 12.2. The number of benzene rings is 2. The molecular weight excluding hydrogens is 348 g/mol. The molecule has 2 amide bonds. The van der Waals surface area contributed by atoms with E-state index in [0.29, 0.717) is 10.7 Å². The first-order valence-corrected chi connectivity index (χ1v) is 9.09. The molecule has 1 unspecified atom stereocenters. The molecule has 0 fully saturated rings. The molecule has 0 bridgehead atoms. The van der Waals surface area contributed by atoms with E-state index in [9.17, 15) is 9.59 Å². The lowest BCUT2D eigenvalue weighted by Gasteiger charge is -2.31. The highest BCUT2D eigenvalue weighted by Crippen LogP contribution is 2.36. The Balaban J connectivity index is 1.86. The highest BCUT2D eigenvalue weighted by Gasteiger charge is 2.43. The maximum absolute atomic E-state index is 13.3. The zero-order chi connectivity index (χ0) is 19.1. The summed E-state index contributed by atoms with van der Waals surface area (Å²) in [4.78, 5) is 27.9. The number of aryl methyl sites for hydroxylation is 1. The van der Waals surface area contributed by atoms with Crippen molar-refractivity contribution in [2.75, 3.05) is 10.2 Å². The molecular formula is C21H23ClN2O2. The normalized spacial score (nSPS) is 16.3. The summed E-state index contributed by atoms with van der Waals surface area (Å²) in [5, 5.41) is 3.40. The molecule has 0 saturated heterocycles. The predicted molar refractivity (Wildman–Crippen MR) is 106 cm³/mol. The summed E-state index contributed by atoms with van der Waals surface area (Å²) >= 11 is 6.03. The molecule has 0 spiro atoms. The molecule has 0 radical (unpaired) electrons. The van der Waals surface area contributed by atoms with Crippen LogP contribution in [0.4, 0.5) is 11.4 Å². The highest BCUT2D eigenvalue weighted by molar-refractivity contribution is 6.31. The van der Waals surface area contributed by atoms with Crippen LogP contribution in [0.1, 0.15) is 31.9 Å². The van der Waals surface area contributed by atoms with Crippen LogP contribution in [-0.4, -0.2) is 17.9 Å². The van der Waals surface area contributed by atoms with E-state index in [0.717, 1.165) is 23.2 Å². The summed E-state index contributed by atoms with van der Waals surface area (Å²) in [6, 6.07) is 13.2. The zero-order valence-corrected chi connectivity index (χ0v) is 16.2. The maximum Gasteiger partial charge on any atom is 0.242 e. The first-order valence-electron chi connectivity index (χ1n) is 8.71. The van der Waals surface area contributed by atoms with Crippen LogP contribution in [-0.2, 0) is 16.0 Å². The summed E-state index contributed by atoms with van der Waals surface area (Å²) in [5.74, 6) is -0.545. The van der Waals surface area contributed by atoms with Gasteiger partial charge >= 0.3 is 0 Å². The van der Waals surface area contributed by atoms with Crippen LogP contribution in [0.15, 0.2) is 42.5 Å². The third-order valence-corrected chi connectivity index (χ3v) is 5.21. The number of amides is 2. The van der Waals surface area contributed by atoms with Crippen molar-refractivity contribution < 1.29 is 9.59 Å². The Kier molecular flexibility index (Phi) is 4.80. The molecule has 4 nitrogen and oxygen atoms in total. The van der Waals surface area contributed by atoms with Gasteiger partial charge in [0.2, 0.25) is 11.8 Å². The van der Waals surface area contributed by atoms with Crippen molar-refractivity contribution in [3.63, 3.8) is 0 Å². The minimum absolute atomic E-state index is 0.0277. The van der Waals surface area contributed by atoms with Crippen LogP contribution < -0.4 is 10.2 Å². The van der Waals surface area contributed by atoms with Crippen LogP contribution in [0.5, 0.6) is 0 Å². The van der Waals surface area contributed by atoms with E-state index in [4.69, 9.17) is 11.6 Å². The molecule has 1 atom stereocenters. The number of carbonyl (C=O) groups is 2. The van der Waals surface area contributed by atoms with Gasteiger partial charge in [-0.3, -0.25) is 9.59 Å². The lowest BCUT2D eigenvalue weighted by atomic mass is 9.89. The second-order valence-corrected chi connectivity index (χ2v) is 7.83. The van der Waals surface area contributed by atoms with Gasteiger partial charge in [0.15, 0.2) is 0 Å². The van der Waals surface area contributed by atoms with Gasteiger partial charge < -0.3 is 10.2 Å². The Morgan fingerprint density at radius 1 is 1.19 bits per heavy atom. The Morgan fingerprint density at radius 3 is 2.62 bits per heavy atom. The summed E-state index contributed by atoms with van der Waals surface area (Å²) in [7, 11) is 0. The van der Waals surface area contributed by atoms with Crippen LogP contribution >= 0.6 is 11.6 Å². The average Bonchev–Trinajstić information content (AvgIpc) is 2.92. The van der Waals surface area contributed by atoms with E-state index >= 15 is 0 Å². The van der Waals surface area contributed by atoms with Crippen molar-refractivity contribution in [1.82, 2.24) is 0 Å². The molecule has 0 saturated carbocycles. The van der Waals surface area contributed by atoms with E-state index in [-0.39, 0.29) is 17.9 Å². The van der Waals surface area contributed by atoms with Crippen molar-refractivity contribution in [3.05, 3.63) is 58.6 Å². The second-order valence-electron chi connectivity index (χ2n) is 7.40. The molecule has 26 heavy (non-hydrogen) atoms. The fraction of sp³-hybridized carbons (Fsp3) is 0.333. The Morgan fingerprint density at radius 2 is 1.88 bits per heavy atom. The van der Waals surface area contributed by atoms with Crippen LogP contribution in [0, 0.1) is 12.3 Å². The molecule has 1 N–H and O–H groups in total. The number of halogens is 1. The first kappa shape index (κ1) is 18.5. The molecule has 136 valence electrons. The minimum Gasteiger partial charge on any atom is -0.325 e. The highest BCUT2D eigenvalue weighted by atomic mass is 35.5. The zero-order valence-electron chi connectivity index (χ0n) is 15.5. The smallest absolute Gasteiger partial charge is 0.242 e. The number of fused-ring (bicyclic) bond motifs is 1. The van der Waals surface area contributed by atoms with Gasteiger partial charge in [-0.15, -0.1) is 0 Å². The van der Waals surface area contributed by atoms with Gasteiger partial charge in [-0.25, -0.2) is 0 Å². The molecule has 1 heterocycles. The van der Waals surface area contributed by atoms with Crippen LogP contribution in [0.25, 0.3) is 0 Å². The van der Waals surface area contributed by atoms with Crippen molar-refractivity contribution in [2.45, 2.75) is 40.2 Å². The van der Waals surface area contributed by atoms with Crippen molar-refractivity contribution in [1.29, 1.82) is 0 Å². The van der Waals surface area contributed by atoms with Crippen molar-refractivity contribution >= 4 is 34.8 Å². The third-order valence-electron chi connectivity index (χ3n) is 4.98. The molecule has 0 aromatic heterocycles. The molecule has 0 aliphatic carbocycles. The Bertz CT molecular complexity index is 876. The molecule has 1 aliphatic heterocycles. The lowest BCUT2D eigenvalue weighted by Crippen LogP contribution is -2.49. The number of hydrogen-bond acceptors (Lipinski definition) is 2. The SMILES string of the molecule is Cc1ccc(Cl)cc1NC(=O)C(C)(C)C(=O)N1c2ccccc2CC1C. The fourth-order valence-electron chi connectivity index (χ4n) is 3.28. The standard InChI is InChI=1S/C21H23ClN2O2/c1-13-9-10-16(22)12-17(13)23-19(25)21(3,4)20(26)24-14(2)11-15-7-5-6-8-18(15)24/h5-10,12,14H,11H2,1-4H3,(H,23,25). The molecule has 2 aromatic rings. The van der Waals surface area contributed by atoms with Gasteiger partial charge in [-0.1, -0.05) is 35.9 Å². The van der Waals surface area contributed by atoms with E-state index in [2.05, 4.69) is 5.32 Å². The second kappa shape index (κ2) is 6.76. The van der Waals surface area contributed by atoms with Gasteiger partial charge in [-0.05, 0) is 63.4 Å². The van der Waals surface area contributed by atoms with Gasteiger partial charge in [-0.2, -0.15) is 0 Å². The van der Waals surface area contributed by atoms with Crippen molar-refractivity contribution in [2.24, 2.45) is 5.41 Å². The predicted octanol–water partition coefficient (Wildman–Crippen LogP) is 4.59. The molecule has 3 rings (SSSR count). The van der Waals surface area contributed by atoms with Gasteiger partial charge in [0.25, 0.3) is 0 Å². The number of rotatable bonds is 3. The fourth-order valence-corrected chi connectivity index (χ4v) is 3.45. The van der Waals surface area contributed by atoms with E-state index < -0.39 is 5.41 Å². The number of carbonyl (C=O) groups excluding carboxylic acids is 2. The monoisotopic (exact) mass is 370 g/mol. The molecule has 2 aromatic carbocycles. The van der Waals surface area contributed by atoms with E-state index in [1.54, 1.807) is 30.9 Å². The average molecular weight is 371 g/mol. The number of nitrogens with zero attached hydrogens (tertiary/aromatic N) is 1. The van der Waals surface area contributed by atoms with Crippen LogP contribution in [0.2, 0.25) is 5.02 Å². The lowest BCUT2D eigenvalue weighted by molar-refractivity contribution is -0.136. The van der Waals surface area contributed by atoms with Gasteiger partial charge in [0.05, 0.1) is 0 Å². The summed E-state index contributed by atoms with van der Waals surface area (Å²) in [5.41, 5.74) is 2.34. The number of anilines is 2. The van der Waals surface area contributed by atoms with Gasteiger partial charge in [0.1, 0.15) is 5.41 Å². The summed E-state index contributed by atoms with van der Waals surface area (Å²) < 4.78 is 0. The summed E-state index contributed by atoms with van der Waals surface area (Å²) in [6.45, 7) is 7.23. The quantitative estimate of drug-likeness (QED) is 0.803. The van der Waals surface area contributed by atoms with E-state index in [1.807, 2.05) is 44.2 Å². The third kappa shape index (κ3) is 3.21. The van der Waals surface area contributed by atoms with Crippen LogP contribution in [0.3, 0.4) is 0 Å². The largest absolute Gasteiger partial charge is 0.325 e. The number of hydrogen-bond donors (Lipinski definition) is 1. The molecule has 1 aliphatic rings. The van der Waals surface area contributed by atoms with E-state index in [1.165, 1.54) is 0 Å². The summed E-state index contributed by atoms with van der Waals surface area (Å²) in [6.07, 6.45) is 0.799. The number of para-hydroxylation sites is 1.